The minimum Gasteiger partial charge on any atom is -0.482 e. The second-order valence-electron chi connectivity index (χ2n) is 4.70. The van der Waals surface area contributed by atoms with Crippen LogP contribution < -0.4 is 10.1 Å². The summed E-state index contributed by atoms with van der Waals surface area (Å²) in [5.74, 6) is -0.820. The fourth-order valence-corrected chi connectivity index (χ4v) is 1.83. The first-order valence-electron chi connectivity index (χ1n) is 6.80. The smallest absolute Gasteiger partial charge is 0.341 e. The molecule has 0 aromatic heterocycles. The van der Waals surface area contributed by atoms with Crippen LogP contribution in [0.1, 0.15) is 21.5 Å². The first-order chi connectivity index (χ1) is 11.1. The van der Waals surface area contributed by atoms with E-state index in [0.29, 0.717) is 23.4 Å². The number of carboxylic acids is 1. The first-order valence-corrected chi connectivity index (χ1v) is 6.80. The predicted octanol–water partition coefficient (Wildman–Crippen LogP) is 1.95. The van der Waals surface area contributed by atoms with Gasteiger partial charge in [-0.15, -0.1) is 0 Å². The van der Waals surface area contributed by atoms with E-state index in [-0.39, 0.29) is 5.91 Å². The highest BCUT2D eigenvalue weighted by Crippen LogP contribution is 2.12. The van der Waals surface area contributed by atoms with Crippen molar-refractivity contribution in [2.45, 2.75) is 6.54 Å². The highest BCUT2D eigenvalue weighted by molar-refractivity contribution is 5.94. The van der Waals surface area contributed by atoms with Gasteiger partial charge < -0.3 is 15.2 Å². The van der Waals surface area contributed by atoms with Gasteiger partial charge in [-0.05, 0) is 42.0 Å². The zero-order chi connectivity index (χ0) is 16.7. The number of carboxylic acid groups (broad SMARTS) is 1. The van der Waals surface area contributed by atoms with E-state index in [1.54, 1.807) is 48.5 Å². The lowest BCUT2D eigenvalue weighted by molar-refractivity contribution is -0.139. The van der Waals surface area contributed by atoms with Crippen LogP contribution in [0, 0.1) is 11.3 Å². The molecular weight excluding hydrogens is 296 g/mol. The number of benzene rings is 2. The van der Waals surface area contributed by atoms with Gasteiger partial charge in [0.1, 0.15) is 5.75 Å². The Hall–Kier alpha value is -3.33. The van der Waals surface area contributed by atoms with Gasteiger partial charge in [0.05, 0.1) is 11.6 Å². The number of rotatable bonds is 6. The first kappa shape index (κ1) is 16.0. The molecule has 0 aliphatic heterocycles. The van der Waals surface area contributed by atoms with E-state index >= 15 is 0 Å². The van der Waals surface area contributed by atoms with Crippen LogP contribution in [-0.4, -0.2) is 23.6 Å². The van der Waals surface area contributed by atoms with Gasteiger partial charge in [-0.1, -0.05) is 12.1 Å². The second kappa shape index (κ2) is 7.61. The van der Waals surface area contributed by atoms with E-state index < -0.39 is 12.6 Å². The summed E-state index contributed by atoms with van der Waals surface area (Å²) >= 11 is 0. The SMILES string of the molecule is N#Cc1ccc(C(=O)NCc2ccc(OCC(=O)O)cc2)cc1. The van der Waals surface area contributed by atoms with Crippen molar-refractivity contribution in [1.82, 2.24) is 5.32 Å². The molecule has 0 aliphatic carbocycles. The van der Waals surface area contributed by atoms with E-state index in [4.69, 9.17) is 15.1 Å². The molecule has 116 valence electrons. The number of carbonyl (C=O) groups is 2. The quantitative estimate of drug-likeness (QED) is 0.849. The lowest BCUT2D eigenvalue weighted by atomic mass is 10.1. The summed E-state index contributed by atoms with van der Waals surface area (Å²) in [6.07, 6.45) is 0. The van der Waals surface area contributed by atoms with E-state index in [1.165, 1.54) is 0 Å². The summed E-state index contributed by atoms with van der Waals surface area (Å²) in [6, 6.07) is 15.1. The van der Waals surface area contributed by atoms with Gasteiger partial charge in [-0.3, -0.25) is 4.79 Å². The summed E-state index contributed by atoms with van der Waals surface area (Å²) < 4.78 is 5.03. The molecule has 6 nitrogen and oxygen atoms in total. The molecule has 0 spiro atoms. The molecule has 0 bridgehead atoms. The molecule has 2 N–H and O–H groups in total. The molecule has 0 radical (unpaired) electrons. The van der Waals surface area contributed by atoms with Gasteiger partial charge >= 0.3 is 5.97 Å². The monoisotopic (exact) mass is 310 g/mol. The molecule has 0 heterocycles. The summed E-state index contributed by atoms with van der Waals surface area (Å²) in [5, 5.41) is 20.0. The highest BCUT2D eigenvalue weighted by atomic mass is 16.5. The zero-order valence-electron chi connectivity index (χ0n) is 12.2. The average molecular weight is 310 g/mol. The van der Waals surface area contributed by atoms with Gasteiger partial charge in [0.25, 0.3) is 5.91 Å². The molecule has 6 heteroatoms. The average Bonchev–Trinajstić information content (AvgIpc) is 2.58. The van der Waals surface area contributed by atoms with Crippen molar-refractivity contribution in [2.75, 3.05) is 6.61 Å². The van der Waals surface area contributed by atoms with E-state index in [1.807, 2.05) is 6.07 Å². The number of nitriles is 1. The van der Waals surface area contributed by atoms with Crippen molar-refractivity contribution >= 4 is 11.9 Å². The Balaban J connectivity index is 1.88. The van der Waals surface area contributed by atoms with Crippen LogP contribution in [-0.2, 0) is 11.3 Å². The van der Waals surface area contributed by atoms with Gasteiger partial charge in [-0.2, -0.15) is 5.26 Å². The fraction of sp³-hybridized carbons (Fsp3) is 0.118. The van der Waals surface area contributed by atoms with Gasteiger partial charge in [0.2, 0.25) is 0 Å². The molecule has 0 unspecified atom stereocenters. The summed E-state index contributed by atoms with van der Waals surface area (Å²) in [4.78, 5) is 22.4. The maximum Gasteiger partial charge on any atom is 0.341 e. The Morgan fingerprint density at radius 1 is 1.09 bits per heavy atom. The summed E-state index contributed by atoms with van der Waals surface area (Å²) in [7, 11) is 0. The Morgan fingerprint density at radius 3 is 2.30 bits per heavy atom. The van der Waals surface area contributed by atoms with E-state index in [0.717, 1.165) is 5.56 Å². The molecule has 0 fully saturated rings. The van der Waals surface area contributed by atoms with Gasteiger partial charge in [0, 0.05) is 12.1 Å². The largest absolute Gasteiger partial charge is 0.482 e. The normalized spacial score (nSPS) is 9.70. The number of amides is 1. The Morgan fingerprint density at radius 2 is 1.74 bits per heavy atom. The van der Waals surface area contributed by atoms with Crippen molar-refractivity contribution in [3.63, 3.8) is 0 Å². The van der Waals surface area contributed by atoms with E-state index in [2.05, 4.69) is 5.32 Å². The number of nitrogens with zero attached hydrogens (tertiary/aromatic N) is 1. The molecule has 23 heavy (non-hydrogen) atoms. The molecule has 1 amide bonds. The predicted molar refractivity (Wildman–Crippen MR) is 81.9 cm³/mol. The van der Waals surface area contributed by atoms with Crippen LogP contribution in [0.25, 0.3) is 0 Å². The molecule has 0 atom stereocenters. The third-order valence-corrected chi connectivity index (χ3v) is 3.01. The van der Waals surface area contributed by atoms with Crippen LogP contribution in [0.5, 0.6) is 5.75 Å². The Bertz CT molecular complexity index is 731. The van der Waals surface area contributed by atoms with Crippen LogP contribution in [0.3, 0.4) is 0 Å². The third-order valence-electron chi connectivity index (χ3n) is 3.01. The number of aliphatic carboxylic acids is 1. The van der Waals surface area contributed by atoms with Crippen molar-refractivity contribution in [2.24, 2.45) is 0 Å². The van der Waals surface area contributed by atoms with Crippen LogP contribution in [0.4, 0.5) is 0 Å². The summed E-state index contributed by atoms with van der Waals surface area (Å²) in [5.41, 5.74) is 1.83. The van der Waals surface area contributed by atoms with Crippen molar-refractivity contribution in [3.05, 3.63) is 65.2 Å². The molecule has 0 aliphatic rings. The maximum absolute atomic E-state index is 12.0. The number of nitrogens with one attached hydrogen (secondary N) is 1. The van der Waals surface area contributed by atoms with Gasteiger partial charge in [0.15, 0.2) is 6.61 Å². The molecule has 0 saturated heterocycles. The second-order valence-corrected chi connectivity index (χ2v) is 4.70. The molecule has 2 rings (SSSR count). The lowest BCUT2D eigenvalue weighted by Crippen LogP contribution is -2.22. The maximum atomic E-state index is 12.0. The molecule has 2 aromatic rings. The minimum absolute atomic E-state index is 0.235. The topological polar surface area (TPSA) is 99.4 Å². The Labute approximate surface area is 132 Å². The van der Waals surface area contributed by atoms with Crippen molar-refractivity contribution in [3.8, 4) is 11.8 Å². The van der Waals surface area contributed by atoms with Gasteiger partial charge in [-0.25, -0.2) is 4.79 Å². The van der Waals surface area contributed by atoms with Crippen molar-refractivity contribution < 1.29 is 19.4 Å². The number of hydrogen-bond donors (Lipinski definition) is 2. The highest BCUT2D eigenvalue weighted by Gasteiger charge is 2.05. The molecular formula is C17H14N2O4. The molecule has 2 aromatic carbocycles. The van der Waals surface area contributed by atoms with Crippen LogP contribution in [0.2, 0.25) is 0 Å². The molecule has 0 saturated carbocycles. The van der Waals surface area contributed by atoms with Crippen LogP contribution >= 0.6 is 0 Å². The third kappa shape index (κ3) is 4.86. The zero-order valence-corrected chi connectivity index (χ0v) is 12.2. The number of ether oxygens (including phenoxy) is 1. The Kier molecular flexibility index (Phi) is 5.31. The lowest BCUT2D eigenvalue weighted by Gasteiger charge is -2.07. The van der Waals surface area contributed by atoms with Crippen LogP contribution in [0.15, 0.2) is 48.5 Å². The number of carbonyl (C=O) groups excluding carboxylic acids is 1. The van der Waals surface area contributed by atoms with Crippen molar-refractivity contribution in [1.29, 1.82) is 5.26 Å². The van der Waals surface area contributed by atoms with E-state index in [9.17, 15) is 9.59 Å². The number of hydrogen-bond acceptors (Lipinski definition) is 4. The summed E-state index contributed by atoms with van der Waals surface area (Å²) in [6.45, 7) is -0.0627. The fourth-order valence-electron chi connectivity index (χ4n) is 1.83. The minimum atomic E-state index is -1.04. The standard InChI is InChI=1S/C17H14N2O4/c18-9-12-1-5-14(6-2-12)17(22)19-10-13-3-7-15(8-4-13)23-11-16(20)21/h1-8H,10-11H2,(H,19,22)(H,20,21).